The number of amides is 1. The quantitative estimate of drug-likeness (QED) is 0.684. The zero-order chi connectivity index (χ0) is 21.2. The van der Waals surface area contributed by atoms with Crippen LogP contribution in [0, 0.1) is 5.82 Å². The summed E-state index contributed by atoms with van der Waals surface area (Å²) in [5, 5.41) is 7.77. The van der Waals surface area contributed by atoms with E-state index in [1.165, 1.54) is 37.6 Å². The number of carbonyl (C=O) groups is 1. The number of anilines is 1. The summed E-state index contributed by atoms with van der Waals surface area (Å²) in [6, 6.07) is 6.71. The van der Waals surface area contributed by atoms with Crippen LogP contribution in [0.1, 0.15) is 59.4 Å². The molecule has 1 fully saturated rings. The standard InChI is InChI=1S/C23H25FN6O/c24-18-8-6-16(7-9-18)12-30-14-17-13-29(15-21(17)28-30)22-11-25-10-20(27-22)23(31)26-19-4-2-1-3-5-19/h6-11,14,19H,1-5,12-13,15H2,(H,26,31). The van der Waals surface area contributed by atoms with Gasteiger partial charge in [-0.1, -0.05) is 31.4 Å². The Bertz CT molecular complexity index is 1050. The smallest absolute Gasteiger partial charge is 0.271 e. The van der Waals surface area contributed by atoms with Crippen LogP contribution in [-0.4, -0.2) is 31.7 Å². The molecule has 5 rings (SSSR count). The number of nitrogens with zero attached hydrogens (tertiary/aromatic N) is 5. The highest BCUT2D eigenvalue weighted by atomic mass is 19.1. The molecule has 0 radical (unpaired) electrons. The summed E-state index contributed by atoms with van der Waals surface area (Å²) in [4.78, 5) is 23.5. The number of aromatic nitrogens is 4. The van der Waals surface area contributed by atoms with Crippen molar-refractivity contribution in [1.82, 2.24) is 25.1 Å². The molecule has 7 nitrogen and oxygen atoms in total. The van der Waals surface area contributed by atoms with Crippen molar-refractivity contribution in [2.45, 2.75) is 57.8 Å². The first-order chi connectivity index (χ1) is 15.1. The normalized spacial score (nSPS) is 16.4. The third kappa shape index (κ3) is 4.42. The SMILES string of the molecule is O=C(NC1CCCCC1)c1cncc(N2Cc3cn(Cc4ccc(F)cc4)nc3C2)n1. The first-order valence-corrected chi connectivity index (χ1v) is 10.8. The second kappa shape index (κ2) is 8.45. The fraction of sp³-hybridized carbons (Fsp3) is 0.391. The van der Waals surface area contributed by atoms with E-state index < -0.39 is 0 Å². The van der Waals surface area contributed by atoms with Gasteiger partial charge in [-0.3, -0.25) is 14.5 Å². The molecule has 3 aromatic rings. The molecule has 1 saturated carbocycles. The van der Waals surface area contributed by atoms with E-state index in [1.807, 2.05) is 10.9 Å². The summed E-state index contributed by atoms with van der Waals surface area (Å²) in [5.74, 6) is 0.292. The van der Waals surface area contributed by atoms with E-state index in [0.29, 0.717) is 31.1 Å². The fourth-order valence-electron chi connectivity index (χ4n) is 4.35. The predicted molar refractivity (Wildman–Crippen MR) is 114 cm³/mol. The second-order valence-electron chi connectivity index (χ2n) is 8.35. The summed E-state index contributed by atoms with van der Waals surface area (Å²) in [6.45, 7) is 1.89. The molecule has 2 aromatic heterocycles. The van der Waals surface area contributed by atoms with E-state index in [4.69, 9.17) is 0 Å². The lowest BCUT2D eigenvalue weighted by molar-refractivity contribution is 0.0922. The van der Waals surface area contributed by atoms with Crippen LogP contribution in [0.2, 0.25) is 0 Å². The number of rotatable bonds is 5. The highest BCUT2D eigenvalue weighted by Crippen LogP contribution is 2.26. The molecule has 2 aliphatic rings. The monoisotopic (exact) mass is 420 g/mol. The molecular weight excluding hydrogens is 395 g/mol. The van der Waals surface area contributed by atoms with Gasteiger partial charge < -0.3 is 10.2 Å². The lowest BCUT2D eigenvalue weighted by atomic mass is 9.95. The minimum Gasteiger partial charge on any atom is -0.348 e. The van der Waals surface area contributed by atoms with Crippen molar-refractivity contribution in [2.24, 2.45) is 0 Å². The number of fused-ring (bicyclic) bond motifs is 1. The first-order valence-electron chi connectivity index (χ1n) is 10.8. The molecule has 1 N–H and O–H groups in total. The summed E-state index contributed by atoms with van der Waals surface area (Å²) >= 11 is 0. The number of halogens is 1. The van der Waals surface area contributed by atoms with Crippen molar-refractivity contribution in [3.63, 3.8) is 0 Å². The highest BCUT2D eigenvalue weighted by molar-refractivity contribution is 5.92. The van der Waals surface area contributed by atoms with Crippen molar-refractivity contribution in [3.05, 3.63) is 71.2 Å². The maximum atomic E-state index is 13.1. The Kier molecular flexibility index (Phi) is 5.36. The van der Waals surface area contributed by atoms with Crippen molar-refractivity contribution >= 4 is 11.7 Å². The summed E-state index contributed by atoms with van der Waals surface area (Å²) < 4.78 is 15.0. The minimum atomic E-state index is -0.238. The number of carbonyl (C=O) groups excluding carboxylic acids is 1. The van der Waals surface area contributed by atoms with Gasteiger partial charge in [0.1, 0.15) is 17.3 Å². The Morgan fingerprint density at radius 2 is 1.90 bits per heavy atom. The molecule has 0 saturated heterocycles. The van der Waals surface area contributed by atoms with E-state index in [9.17, 15) is 9.18 Å². The molecule has 8 heteroatoms. The lowest BCUT2D eigenvalue weighted by Crippen LogP contribution is -2.36. The van der Waals surface area contributed by atoms with Crippen molar-refractivity contribution < 1.29 is 9.18 Å². The molecule has 0 atom stereocenters. The molecule has 1 aromatic carbocycles. The number of nitrogens with one attached hydrogen (secondary N) is 1. The van der Waals surface area contributed by atoms with Crippen molar-refractivity contribution in [2.75, 3.05) is 4.90 Å². The molecular formula is C23H25FN6O. The molecule has 1 aliphatic carbocycles. The molecule has 1 aliphatic heterocycles. The lowest BCUT2D eigenvalue weighted by Gasteiger charge is -2.23. The minimum absolute atomic E-state index is 0.150. The molecule has 0 bridgehead atoms. The van der Waals surface area contributed by atoms with Gasteiger partial charge in [0.05, 0.1) is 31.2 Å². The van der Waals surface area contributed by atoms with Crippen LogP contribution in [0.15, 0.2) is 42.9 Å². The van der Waals surface area contributed by atoms with Gasteiger partial charge in [0.2, 0.25) is 0 Å². The average molecular weight is 420 g/mol. The van der Waals surface area contributed by atoms with Gasteiger partial charge in [-0.15, -0.1) is 0 Å². The van der Waals surface area contributed by atoms with Crippen molar-refractivity contribution in [1.29, 1.82) is 0 Å². The van der Waals surface area contributed by atoms with Crippen LogP contribution in [0.25, 0.3) is 0 Å². The molecule has 0 spiro atoms. The van der Waals surface area contributed by atoms with Crippen LogP contribution in [0.4, 0.5) is 10.2 Å². The largest absolute Gasteiger partial charge is 0.348 e. The second-order valence-corrected chi connectivity index (χ2v) is 8.35. The third-order valence-electron chi connectivity index (χ3n) is 6.00. The van der Waals surface area contributed by atoms with Gasteiger partial charge in [0.25, 0.3) is 5.91 Å². The van der Waals surface area contributed by atoms with Crippen molar-refractivity contribution in [3.8, 4) is 0 Å². The van der Waals surface area contributed by atoms with E-state index in [0.717, 1.165) is 29.7 Å². The maximum Gasteiger partial charge on any atom is 0.271 e. The molecule has 31 heavy (non-hydrogen) atoms. The van der Waals surface area contributed by atoms with Gasteiger partial charge in [-0.25, -0.2) is 9.37 Å². The summed E-state index contributed by atoms with van der Waals surface area (Å²) in [6.07, 6.45) is 10.9. The van der Waals surface area contributed by atoms with Crippen LogP contribution >= 0.6 is 0 Å². The van der Waals surface area contributed by atoms with Crippen LogP contribution in [0.5, 0.6) is 0 Å². The molecule has 0 unspecified atom stereocenters. The van der Waals surface area contributed by atoms with Gasteiger partial charge >= 0.3 is 0 Å². The molecule has 1 amide bonds. The van der Waals surface area contributed by atoms with Gasteiger partial charge in [0.15, 0.2) is 0 Å². The van der Waals surface area contributed by atoms with E-state index >= 15 is 0 Å². The number of hydrogen-bond donors (Lipinski definition) is 1. The molecule has 3 heterocycles. The van der Waals surface area contributed by atoms with Gasteiger partial charge in [-0.2, -0.15) is 5.10 Å². The highest BCUT2D eigenvalue weighted by Gasteiger charge is 2.25. The van der Waals surface area contributed by atoms with E-state index in [-0.39, 0.29) is 17.8 Å². The van der Waals surface area contributed by atoms with E-state index in [1.54, 1.807) is 18.3 Å². The fourth-order valence-corrected chi connectivity index (χ4v) is 4.35. The van der Waals surface area contributed by atoms with Gasteiger partial charge in [-0.05, 0) is 30.5 Å². The zero-order valence-electron chi connectivity index (χ0n) is 17.3. The number of hydrogen-bond acceptors (Lipinski definition) is 5. The maximum absolute atomic E-state index is 13.1. The van der Waals surface area contributed by atoms with Crippen LogP contribution < -0.4 is 10.2 Å². The zero-order valence-corrected chi connectivity index (χ0v) is 17.3. The van der Waals surface area contributed by atoms with Gasteiger partial charge in [0, 0.05) is 24.3 Å². The Morgan fingerprint density at radius 1 is 1.10 bits per heavy atom. The van der Waals surface area contributed by atoms with Crippen LogP contribution in [0.3, 0.4) is 0 Å². The van der Waals surface area contributed by atoms with Crippen LogP contribution in [-0.2, 0) is 19.6 Å². The third-order valence-corrected chi connectivity index (χ3v) is 6.00. The Balaban J connectivity index is 1.23. The average Bonchev–Trinajstić information content (AvgIpc) is 3.35. The molecule has 160 valence electrons. The summed E-state index contributed by atoms with van der Waals surface area (Å²) in [5.41, 5.74) is 3.47. The summed E-state index contributed by atoms with van der Waals surface area (Å²) in [7, 11) is 0. The Labute approximate surface area is 180 Å². The van der Waals surface area contributed by atoms with E-state index in [2.05, 4.69) is 25.3 Å². The predicted octanol–water partition coefficient (Wildman–Crippen LogP) is 3.44. The first kappa shape index (κ1) is 19.7. The number of benzene rings is 1. The topological polar surface area (TPSA) is 75.9 Å². The Hall–Kier alpha value is -3.29. The Morgan fingerprint density at radius 3 is 2.68 bits per heavy atom.